The maximum atomic E-state index is 13.3. The zero-order valence-electron chi connectivity index (χ0n) is 17.2. The topological polar surface area (TPSA) is 105 Å². The Balaban J connectivity index is 1.32. The lowest BCUT2D eigenvalue weighted by Crippen LogP contribution is -2.52. The van der Waals surface area contributed by atoms with Crippen LogP contribution >= 0.6 is 0 Å². The van der Waals surface area contributed by atoms with Gasteiger partial charge in [-0.05, 0) is 55.1 Å². The number of nitrogens with one attached hydrogen (secondary N) is 2. The number of benzene rings is 1. The third kappa shape index (κ3) is 3.44. The summed E-state index contributed by atoms with van der Waals surface area (Å²) < 4.78 is 0. The largest absolute Gasteiger partial charge is 0.328 e. The summed E-state index contributed by atoms with van der Waals surface area (Å²) in [5.41, 5.74) is 8.96. The van der Waals surface area contributed by atoms with Crippen molar-refractivity contribution in [3.8, 4) is 0 Å². The monoisotopic (exact) mass is 410 g/mol. The van der Waals surface area contributed by atoms with Crippen LogP contribution in [0.3, 0.4) is 0 Å². The fraction of sp³-hybridized carbons (Fsp3) is 0.609. The van der Waals surface area contributed by atoms with Crippen molar-refractivity contribution in [2.45, 2.75) is 76.2 Å². The van der Waals surface area contributed by atoms with Crippen molar-refractivity contribution in [1.29, 1.82) is 0 Å². The summed E-state index contributed by atoms with van der Waals surface area (Å²) in [7, 11) is 0. The van der Waals surface area contributed by atoms with Gasteiger partial charge in [0.05, 0.1) is 0 Å². The molecular formula is C23H30N4O3. The molecule has 2 aliphatic carbocycles. The van der Waals surface area contributed by atoms with Gasteiger partial charge in [0.1, 0.15) is 6.04 Å². The highest BCUT2D eigenvalue weighted by atomic mass is 16.2. The molecule has 2 bridgehead atoms. The van der Waals surface area contributed by atoms with E-state index in [0.717, 1.165) is 29.5 Å². The Hall–Kier alpha value is -2.25. The first-order valence-electron chi connectivity index (χ1n) is 11.3. The van der Waals surface area contributed by atoms with E-state index in [1.807, 2.05) is 18.2 Å². The van der Waals surface area contributed by atoms with Crippen LogP contribution in [-0.4, -0.2) is 40.7 Å². The van der Waals surface area contributed by atoms with Crippen LogP contribution < -0.4 is 16.4 Å². The molecule has 3 atom stereocenters. The Morgan fingerprint density at radius 1 is 1.10 bits per heavy atom. The zero-order chi connectivity index (χ0) is 20.8. The minimum absolute atomic E-state index is 0.0947. The quantitative estimate of drug-likeness (QED) is 0.652. The van der Waals surface area contributed by atoms with Gasteiger partial charge in [0.2, 0.25) is 11.8 Å². The van der Waals surface area contributed by atoms with E-state index in [4.69, 9.17) is 5.73 Å². The van der Waals surface area contributed by atoms with Gasteiger partial charge in [0.25, 0.3) is 5.91 Å². The number of nitrogens with zero attached hydrogens (tertiary/aromatic N) is 1. The van der Waals surface area contributed by atoms with Crippen LogP contribution in [0.2, 0.25) is 0 Å². The van der Waals surface area contributed by atoms with E-state index >= 15 is 0 Å². The van der Waals surface area contributed by atoms with Gasteiger partial charge in [-0.15, -0.1) is 0 Å². The van der Waals surface area contributed by atoms with Gasteiger partial charge in [0.15, 0.2) is 0 Å². The Labute approximate surface area is 176 Å². The maximum Gasteiger partial charge on any atom is 0.255 e. The second kappa shape index (κ2) is 7.78. The van der Waals surface area contributed by atoms with E-state index in [1.54, 1.807) is 4.90 Å². The van der Waals surface area contributed by atoms with Gasteiger partial charge in [-0.25, -0.2) is 0 Å². The second-order valence-electron chi connectivity index (χ2n) is 9.44. The van der Waals surface area contributed by atoms with Crippen molar-refractivity contribution in [3.63, 3.8) is 0 Å². The third-order valence-corrected chi connectivity index (χ3v) is 7.54. The first kappa shape index (κ1) is 19.7. The summed E-state index contributed by atoms with van der Waals surface area (Å²) in [6.07, 6.45) is 6.60. The van der Waals surface area contributed by atoms with Crippen molar-refractivity contribution in [2.75, 3.05) is 0 Å². The average Bonchev–Trinajstić information content (AvgIpc) is 3.03. The predicted molar refractivity (Wildman–Crippen MR) is 111 cm³/mol. The summed E-state index contributed by atoms with van der Waals surface area (Å²) in [6.45, 7) is 1.09. The summed E-state index contributed by atoms with van der Waals surface area (Å²) in [5, 5.41) is 6.14. The maximum absolute atomic E-state index is 13.3. The van der Waals surface area contributed by atoms with Crippen molar-refractivity contribution < 1.29 is 14.4 Å². The molecule has 1 saturated heterocycles. The molecule has 7 nitrogen and oxygen atoms in total. The minimum atomic E-state index is -0.567. The smallest absolute Gasteiger partial charge is 0.255 e. The van der Waals surface area contributed by atoms with E-state index in [2.05, 4.69) is 10.6 Å². The molecule has 3 unspecified atom stereocenters. The highest BCUT2D eigenvalue weighted by molar-refractivity contribution is 6.05. The highest BCUT2D eigenvalue weighted by Gasteiger charge is 2.41. The predicted octanol–water partition coefficient (Wildman–Crippen LogP) is 1.44. The van der Waals surface area contributed by atoms with Gasteiger partial charge >= 0.3 is 0 Å². The molecule has 4 aliphatic rings. The van der Waals surface area contributed by atoms with Gasteiger partial charge in [0, 0.05) is 37.2 Å². The van der Waals surface area contributed by atoms with Crippen LogP contribution in [0.25, 0.3) is 0 Å². The standard InChI is InChI=1S/C23H30N4O3/c24-17-9-13-3-1-4-14(10-17)21(13)25-11-15-5-2-6-16-12-27(23(30)20(15)16)18-7-8-19(28)26-22(18)29/h2,5-6,13-14,17-18,21,25H,1,3-4,7-12,24H2,(H,26,28,29). The lowest BCUT2D eigenvalue weighted by Gasteiger charge is -2.45. The fourth-order valence-electron chi connectivity index (χ4n) is 6.19. The van der Waals surface area contributed by atoms with Crippen molar-refractivity contribution in [3.05, 3.63) is 34.9 Å². The highest BCUT2D eigenvalue weighted by Crippen LogP contribution is 2.40. The van der Waals surface area contributed by atoms with Crippen LogP contribution in [0, 0.1) is 11.8 Å². The van der Waals surface area contributed by atoms with Crippen LogP contribution in [0.5, 0.6) is 0 Å². The van der Waals surface area contributed by atoms with Gasteiger partial charge in [-0.1, -0.05) is 24.6 Å². The molecule has 2 saturated carbocycles. The van der Waals surface area contributed by atoms with E-state index in [9.17, 15) is 14.4 Å². The summed E-state index contributed by atoms with van der Waals surface area (Å²) in [6, 6.07) is 6.20. The van der Waals surface area contributed by atoms with E-state index in [-0.39, 0.29) is 24.1 Å². The first-order chi connectivity index (χ1) is 14.5. The van der Waals surface area contributed by atoms with Crippen LogP contribution in [0.4, 0.5) is 0 Å². The van der Waals surface area contributed by atoms with Crippen LogP contribution in [0.1, 0.15) is 66.4 Å². The minimum Gasteiger partial charge on any atom is -0.328 e. The number of fused-ring (bicyclic) bond motifs is 3. The molecule has 7 heteroatoms. The van der Waals surface area contributed by atoms with Gasteiger partial charge in [-0.3, -0.25) is 19.7 Å². The number of hydrogen-bond donors (Lipinski definition) is 3. The summed E-state index contributed by atoms with van der Waals surface area (Å²) >= 11 is 0. The molecular weight excluding hydrogens is 380 g/mol. The molecule has 2 heterocycles. The molecule has 3 fully saturated rings. The normalized spacial score (nSPS) is 33.4. The molecule has 1 aromatic carbocycles. The number of rotatable bonds is 4. The number of nitrogens with two attached hydrogens (primary N) is 1. The molecule has 2 aliphatic heterocycles. The number of carbonyl (C=O) groups is 3. The van der Waals surface area contributed by atoms with Crippen molar-refractivity contribution in [2.24, 2.45) is 17.6 Å². The molecule has 160 valence electrons. The second-order valence-corrected chi connectivity index (χ2v) is 9.44. The number of imide groups is 1. The number of hydrogen-bond acceptors (Lipinski definition) is 5. The number of amides is 3. The van der Waals surface area contributed by atoms with Gasteiger partial charge < -0.3 is 16.0 Å². The fourth-order valence-corrected chi connectivity index (χ4v) is 6.19. The Morgan fingerprint density at radius 3 is 2.60 bits per heavy atom. The SMILES string of the molecule is NC1CC2CCCC(C1)C2NCc1cccc2c1C(=O)N(C1CCC(=O)NC1=O)C2. The first-order valence-corrected chi connectivity index (χ1v) is 11.3. The van der Waals surface area contributed by atoms with Crippen molar-refractivity contribution >= 4 is 17.7 Å². The Bertz CT molecular complexity index is 871. The lowest BCUT2D eigenvalue weighted by atomic mass is 9.67. The lowest BCUT2D eigenvalue weighted by molar-refractivity contribution is -0.136. The van der Waals surface area contributed by atoms with Crippen molar-refractivity contribution in [1.82, 2.24) is 15.5 Å². The average molecular weight is 411 g/mol. The summed E-state index contributed by atoms with van der Waals surface area (Å²) in [5.74, 6) is 0.532. The molecule has 1 aromatic rings. The molecule has 0 radical (unpaired) electrons. The molecule has 4 N–H and O–H groups in total. The van der Waals surface area contributed by atoms with Crippen LogP contribution in [-0.2, 0) is 22.7 Å². The van der Waals surface area contributed by atoms with E-state index in [0.29, 0.717) is 43.4 Å². The zero-order valence-corrected chi connectivity index (χ0v) is 17.2. The Morgan fingerprint density at radius 2 is 1.87 bits per heavy atom. The molecule has 3 amide bonds. The third-order valence-electron chi connectivity index (χ3n) is 7.54. The molecule has 5 rings (SSSR count). The van der Waals surface area contributed by atoms with Gasteiger partial charge in [-0.2, -0.15) is 0 Å². The van der Waals surface area contributed by atoms with E-state index in [1.165, 1.54) is 19.3 Å². The molecule has 0 spiro atoms. The van der Waals surface area contributed by atoms with E-state index < -0.39 is 6.04 Å². The summed E-state index contributed by atoms with van der Waals surface area (Å²) in [4.78, 5) is 38.6. The Kier molecular flexibility index (Phi) is 5.11. The number of piperidine rings is 1. The molecule has 0 aromatic heterocycles. The van der Waals surface area contributed by atoms with Crippen LogP contribution in [0.15, 0.2) is 18.2 Å². The molecule has 30 heavy (non-hydrogen) atoms. The number of carbonyl (C=O) groups excluding carboxylic acids is 3.